The quantitative estimate of drug-likeness (QED) is 0.801. The number of thiophene rings is 1. The molecule has 0 aliphatic heterocycles. The number of nitrogens with zero attached hydrogens (tertiary/aromatic N) is 4. The molecule has 0 bridgehead atoms. The van der Waals surface area contributed by atoms with Gasteiger partial charge in [0.05, 0.1) is 23.1 Å². The van der Waals surface area contributed by atoms with Gasteiger partial charge in [0.1, 0.15) is 10.6 Å². The van der Waals surface area contributed by atoms with Gasteiger partial charge >= 0.3 is 0 Å². The summed E-state index contributed by atoms with van der Waals surface area (Å²) in [5, 5.41) is 8.19. The fourth-order valence-electron chi connectivity index (χ4n) is 1.88. The number of nitrogens with one attached hydrogen (secondary N) is 1. The summed E-state index contributed by atoms with van der Waals surface area (Å²) < 4.78 is 0. The second-order valence-corrected chi connectivity index (χ2v) is 5.71. The Labute approximate surface area is 119 Å². The van der Waals surface area contributed by atoms with Crippen molar-refractivity contribution in [1.82, 2.24) is 15.0 Å². The van der Waals surface area contributed by atoms with Crippen LogP contribution in [0.3, 0.4) is 0 Å². The highest BCUT2D eigenvalue weighted by Gasteiger charge is 2.13. The van der Waals surface area contributed by atoms with E-state index in [1.54, 1.807) is 22.7 Å². The summed E-state index contributed by atoms with van der Waals surface area (Å²) in [5.41, 5.74) is 2.91. The van der Waals surface area contributed by atoms with Crippen LogP contribution < -0.4 is 10.2 Å². The average Bonchev–Trinajstić information content (AvgIpc) is 3.07. The number of hydrogen-bond donors (Lipinski definition) is 1. The zero-order valence-electron chi connectivity index (χ0n) is 10.6. The Morgan fingerprint density at radius 3 is 3.00 bits per heavy atom. The van der Waals surface area contributed by atoms with Gasteiger partial charge in [0.25, 0.3) is 0 Å². The van der Waals surface area contributed by atoms with E-state index in [1.165, 1.54) is 0 Å². The maximum atomic E-state index is 4.56. The molecule has 7 heteroatoms. The normalized spacial score (nSPS) is 10.8. The largest absolute Gasteiger partial charge is 0.357 e. The van der Waals surface area contributed by atoms with Crippen LogP contribution in [0.1, 0.15) is 5.69 Å². The molecule has 19 heavy (non-hydrogen) atoms. The molecular weight excluding hydrogens is 278 g/mol. The van der Waals surface area contributed by atoms with Gasteiger partial charge in [-0.15, -0.1) is 22.7 Å². The molecule has 0 aromatic carbocycles. The van der Waals surface area contributed by atoms with Gasteiger partial charge in [-0.05, 0) is 11.4 Å². The molecule has 0 atom stereocenters. The molecular formula is C12H13N5S2. The molecule has 0 unspecified atom stereocenters. The van der Waals surface area contributed by atoms with Crippen molar-refractivity contribution in [3.8, 4) is 0 Å². The van der Waals surface area contributed by atoms with Crippen LogP contribution in [0, 0.1) is 0 Å². The number of hydrogen-bond acceptors (Lipinski definition) is 7. The minimum atomic E-state index is 0.648. The van der Waals surface area contributed by atoms with E-state index >= 15 is 0 Å². The molecule has 0 fully saturated rings. The molecule has 98 valence electrons. The maximum absolute atomic E-state index is 4.56. The third-order valence-corrected chi connectivity index (χ3v) is 4.21. The van der Waals surface area contributed by atoms with Gasteiger partial charge in [-0.3, -0.25) is 0 Å². The van der Waals surface area contributed by atoms with Gasteiger partial charge in [0.2, 0.25) is 5.95 Å². The first-order chi connectivity index (χ1) is 9.28. The van der Waals surface area contributed by atoms with Gasteiger partial charge in [-0.25, -0.2) is 9.97 Å². The van der Waals surface area contributed by atoms with Crippen LogP contribution in [0.25, 0.3) is 10.2 Å². The highest BCUT2D eigenvalue weighted by Crippen LogP contribution is 2.29. The average molecular weight is 291 g/mol. The summed E-state index contributed by atoms with van der Waals surface area (Å²) >= 11 is 3.23. The van der Waals surface area contributed by atoms with Gasteiger partial charge in [-0.1, -0.05) is 0 Å². The third-order valence-electron chi connectivity index (χ3n) is 2.77. The second kappa shape index (κ2) is 5.10. The minimum absolute atomic E-state index is 0.648. The Hall–Kier alpha value is -1.73. The molecule has 3 rings (SSSR count). The topological polar surface area (TPSA) is 53.9 Å². The van der Waals surface area contributed by atoms with Crippen molar-refractivity contribution in [2.24, 2.45) is 0 Å². The van der Waals surface area contributed by atoms with E-state index in [0.717, 1.165) is 28.3 Å². The van der Waals surface area contributed by atoms with Gasteiger partial charge in [0.15, 0.2) is 0 Å². The van der Waals surface area contributed by atoms with Crippen LogP contribution in [0.2, 0.25) is 0 Å². The number of rotatable bonds is 4. The predicted molar refractivity (Wildman–Crippen MR) is 81.2 cm³/mol. The lowest BCUT2D eigenvalue weighted by atomic mass is 10.3. The standard InChI is InChI=1S/C12H13N5S2/c1-13-12-15-10(9-3-4-19-11(9)16-12)17(2)5-8-6-18-7-14-8/h3-4,6-7H,5H2,1-2H3,(H,13,15,16). The maximum Gasteiger partial charge on any atom is 0.225 e. The summed E-state index contributed by atoms with van der Waals surface area (Å²) in [6, 6.07) is 2.06. The summed E-state index contributed by atoms with van der Waals surface area (Å²) in [7, 11) is 3.86. The summed E-state index contributed by atoms with van der Waals surface area (Å²) in [4.78, 5) is 16.4. The van der Waals surface area contributed by atoms with Crippen molar-refractivity contribution in [3.63, 3.8) is 0 Å². The molecule has 0 amide bonds. The van der Waals surface area contributed by atoms with Crippen molar-refractivity contribution < 1.29 is 0 Å². The van der Waals surface area contributed by atoms with Crippen LogP contribution in [0.15, 0.2) is 22.3 Å². The zero-order valence-corrected chi connectivity index (χ0v) is 12.3. The van der Waals surface area contributed by atoms with Crippen LogP contribution in [0.5, 0.6) is 0 Å². The third kappa shape index (κ3) is 2.39. The van der Waals surface area contributed by atoms with Crippen LogP contribution in [-0.2, 0) is 6.54 Å². The highest BCUT2D eigenvalue weighted by molar-refractivity contribution is 7.16. The zero-order chi connectivity index (χ0) is 13.2. The molecule has 0 spiro atoms. The van der Waals surface area contributed by atoms with E-state index < -0.39 is 0 Å². The molecule has 5 nitrogen and oxygen atoms in total. The smallest absolute Gasteiger partial charge is 0.225 e. The predicted octanol–water partition coefficient (Wildman–Crippen LogP) is 2.83. The van der Waals surface area contributed by atoms with Crippen LogP contribution in [-0.4, -0.2) is 29.0 Å². The lowest BCUT2D eigenvalue weighted by Gasteiger charge is -2.18. The lowest BCUT2D eigenvalue weighted by Crippen LogP contribution is -2.18. The first-order valence-electron chi connectivity index (χ1n) is 5.79. The molecule has 3 aromatic heterocycles. The second-order valence-electron chi connectivity index (χ2n) is 4.10. The van der Waals surface area contributed by atoms with Crippen molar-refractivity contribution in [1.29, 1.82) is 0 Å². The van der Waals surface area contributed by atoms with E-state index in [4.69, 9.17) is 0 Å². The molecule has 3 heterocycles. The van der Waals surface area contributed by atoms with Crippen LogP contribution >= 0.6 is 22.7 Å². The Bertz CT molecular complexity index is 677. The van der Waals surface area contributed by atoms with Gasteiger partial charge in [-0.2, -0.15) is 4.98 Å². The number of aromatic nitrogens is 3. The van der Waals surface area contributed by atoms with E-state index in [2.05, 4.69) is 36.6 Å². The van der Waals surface area contributed by atoms with Gasteiger partial charge in [0, 0.05) is 19.5 Å². The SMILES string of the molecule is CNc1nc(N(C)Cc2cscn2)c2ccsc2n1. The minimum Gasteiger partial charge on any atom is -0.357 e. The Morgan fingerprint density at radius 1 is 1.37 bits per heavy atom. The monoisotopic (exact) mass is 291 g/mol. The van der Waals surface area contributed by atoms with Crippen molar-refractivity contribution in [2.45, 2.75) is 6.54 Å². The van der Waals surface area contributed by atoms with E-state index in [9.17, 15) is 0 Å². The van der Waals surface area contributed by atoms with Gasteiger partial charge < -0.3 is 10.2 Å². The van der Waals surface area contributed by atoms with Crippen LogP contribution in [0.4, 0.5) is 11.8 Å². The van der Waals surface area contributed by atoms with E-state index in [1.807, 2.05) is 25.0 Å². The lowest BCUT2D eigenvalue weighted by molar-refractivity contribution is 0.877. The number of anilines is 2. The highest BCUT2D eigenvalue weighted by atomic mass is 32.1. The van der Waals surface area contributed by atoms with Crippen molar-refractivity contribution >= 4 is 44.7 Å². The number of fused-ring (bicyclic) bond motifs is 1. The Morgan fingerprint density at radius 2 is 2.26 bits per heavy atom. The first kappa shape index (κ1) is 12.3. The Kier molecular flexibility index (Phi) is 3.31. The Balaban J connectivity index is 2.00. The first-order valence-corrected chi connectivity index (χ1v) is 7.61. The molecule has 0 radical (unpaired) electrons. The fourth-order valence-corrected chi connectivity index (χ4v) is 3.18. The summed E-state index contributed by atoms with van der Waals surface area (Å²) in [5.74, 6) is 1.58. The summed E-state index contributed by atoms with van der Waals surface area (Å²) in [6.07, 6.45) is 0. The summed E-state index contributed by atoms with van der Waals surface area (Å²) in [6.45, 7) is 0.745. The molecule has 1 N–H and O–H groups in total. The molecule has 0 aliphatic rings. The molecule has 3 aromatic rings. The van der Waals surface area contributed by atoms with Crippen molar-refractivity contribution in [2.75, 3.05) is 24.3 Å². The molecule has 0 aliphatic carbocycles. The fraction of sp³-hybridized carbons (Fsp3) is 0.250. The van der Waals surface area contributed by atoms with Crippen molar-refractivity contribution in [3.05, 3.63) is 28.0 Å². The molecule has 0 saturated heterocycles. The molecule has 0 saturated carbocycles. The van der Waals surface area contributed by atoms with E-state index in [-0.39, 0.29) is 0 Å². The number of thiazole rings is 1. The van der Waals surface area contributed by atoms with E-state index in [0.29, 0.717) is 5.95 Å².